The minimum atomic E-state index is 0.781. The number of fused-ring (bicyclic) bond motifs is 1. The van der Waals surface area contributed by atoms with Gasteiger partial charge in [-0.2, -0.15) is 0 Å². The summed E-state index contributed by atoms with van der Waals surface area (Å²) in [5.41, 5.74) is 2.69. The molecule has 1 heterocycles. The summed E-state index contributed by atoms with van der Waals surface area (Å²) in [6.45, 7) is 1.70. The third kappa shape index (κ3) is 3.06. The van der Waals surface area contributed by atoms with Crippen molar-refractivity contribution < 1.29 is 9.47 Å². The molecule has 1 aromatic heterocycles. The van der Waals surface area contributed by atoms with E-state index in [2.05, 4.69) is 17.4 Å². The summed E-state index contributed by atoms with van der Waals surface area (Å²) in [4.78, 5) is 3.02. The SMILES string of the molecule is COc1cccc(CNCc2cc3c(s2)CCC3)c1OC. The van der Waals surface area contributed by atoms with Crippen molar-refractivity contribution in [1.82, 2.24) is 5.32 Å². The topological polar surface area (TPSA) is 30.5 Å². The third-order valence-corrected chi connectivity index (χ3v) is 5.13. The van der Waals surface area contributed by atoms with E-state index in [1.54, 1.807) is 24.7 Å². The molecule has 0 aliphatic heterocycles. The minimum absolute atomic E-state index is 0.781. The van der Waals surface area contributed by atoms with Gasteiger partial charge in [-0.25, -0.2) is 0 Å². The van der Waals surface area contributed by atoms with E-state index in [-0.39, 0.29) is 0 Å². The first kappa shape index (κ1) is 14.4. The summed E-state index contributed by atoms with van der Waals surface area (Å²) in [5.74, 6) is 1.60. The van der Waals surface area contributed by atoms with Gasteiger partial charge in [0.2, 0.25) is 0 Å². The number of thiophene rings is 1. The second kappa shape index (κ2) is 6.50. The van der Waals surface area contributed by atoms with Crippen LogP contribution in [0.4, 0.5) is 0 Å². The van der Waals surface area contributed by atoms with Crippen molar-refractivity contribution in [2.24, 2.45) is 0 Å². The Morgan fingerprint density at radius 3 is 2.81 bits per heavy atom. The van der Waals surface area contributed by atoms with Crippen molar-refractivity contribution in [1.29, 1.82) is 0 Å². The van der Waals surface area contributed by atoms with Crippen LogP contribution < -0.4 is 14.8 Å². The van der Waals surface area contributed by atoms with Crippen LogP contribution in [-0.4, -0.2) is 14.2 Å². The summed E-state index contributed by atoms with van der Waals surface area (Å²) < 4.78 is 10.8. The maximum Gasteiger partial charge on any atom is 0.165 e. The molecule has 0 saturated heterocycles. The van der Waals surface area contributed by atoms with Gasteiger partial charge in [-0.1, -0.05) is 12.1 Å². The fraction of sp³-hybridized carbons (Fsp3) is 0.412. The highest BCUT2D eigenvalue weighted by molar-refractivity contribution is 7.12. The molecular weight excluding hydrogens is 282 g/mol. The number of nitrogens with one attached hydrogen (secondary N) is 1. The highest BCUT2D eigenvalue weighted by Crippen LogP contribution is 2.32. The number of aryl methyl sites for hydroxylation is 2. The molecule has 21 heavy (non-hydrogen) atoms. The standard InChI is InChI=1S/C17H21NO2S/c1-19-15-7-3-6-13(17(15)20-2)10-18-11-14-9-12-5-4-8-16(12)21-14/h3,6-7,9,18H,4-5,8,10-11H2,1-2H3. The first-order valence-corrected chi connectivity index (χ1v) is 8.14. The molecule has 0 saturated carbocycles. The lowest BCUT2D eigenvalue weighted by Crippen LogP contribution is -2.12. The van der Waals surface area contributed by atoms with E-state index in [1.807, 2.05) is 23.5 Å². The summed E-state index contributed by atoms with van der Waals surface area (Å²) in [6, 6.07) is 8.36. The highest BCUT2D eigenvalue weighted by atomic mass is 32.1. The third-order valence-electron chi connectivity index (χ3n) is 3.90. The molecule has 3 rings (SSSR count). The Morgan fingerprint density at radius 1 is 1.14 bits per heavy atom. The van der Waals surface area contributed by atoms with E-state index >= 15 is 0 Å². The number of methoxy groups -OCH3 is 2. The number of para-hydroxylation sites is 1. The molecule has 0 atom stereocenters. The quantitative estimate of drug-likeness (QED) is 0.885. The number of rotatable bonds is 6. The lowest BCUT2D eigenvalue weighted by Gasteiger charge is -2.12. The Bertz CT molecular complexity index is 600. The molecule has 1 aliphatic carbocycles. The van der Waals surface area contributed by atoms with Gasteiger partial charge < -0.3 is 14.8 Å². The van der Waals surface area contributed by atoms with E-state index in [1.165, 1.54) is 24.1 Å². The van der Waals surface area contributed by atoms with Crippen LogP contribution in [-0.2, 0) is 25.9 Å². The minimum Gasteiger partial charge on any atom is -0.493 e. The zero-order valence-corrected chi connectivity index (χ0v) is 13.4. The van der Waals surface area contributed by atoms with Crippen molar-refractivity contribution in [2.75, 3.05) is 14.2 Å². The first-order chi connectivity index (χ1) is 10.3. The van der Waals surface area contributed by atoms with Gasteiger partial charge in [0.15, 0.2) is 11.5 Å². The summed E-state index contributed by atoms with van der Waals surface area (Å²) >= 11 is 1.96. The van der Waals surface area contributed by atoms with Gasteiger partial charge in [0.05, 0.1) is 14.2 Å². The van der Waals surface area contributed by atoms with Gasteiger partial charge in [-0.3, -0.25) is 0 Å². The Labute approximate surface area is 129 Å². The summed E-state index contributed by atoms with van der Waals surface area (Å²) in [6.07, 6.45) is 3.86. The van der Waals surface area contributed by atoms with Crippen LogP contribution in [0, 0.1) is 0 Å². The molecule has 2 aromatic rings. The number of hydrogen-bond acceptors (Lipinski definition) is 4. The molecule has 0 fully saturated rings. The van der Waals surface area contributed by atoms with E-state index in [0.29, 0.717) is 0 Å². The molecule has 112 valence electrons. The van der Waals surface area contributed by atoms with E-state index < -0.39 is 0 Å². The van der Waals surface area contributed by atoms with Crippen molar-refractivity contribution in [3.05, 3.63) is 45.1 Å². The van der Waals surface area contributed by atoms with Gasteiger partial charge in [-0.05, 0) is 37.0 Å². The second-order valence-corrected chi connectivity index (χ2v) is 6.49. The van der Waals surface area contributed by atoms with Gasteiger partial charge in [0.1, 0.15) is 0 Å². The average molecular weight is 303 g/mol. The van der Waals surface area contributed by atoms with Crippen LogP contribution in [0.5, 0.6) is 11.5 Å². The fourth-order valence-corrected chi connectivity index (χ4v) is 4.12. The molecule has 0 unspecified atom stereocenters. The lowest BCUT2D eigenvalue weighted by atomic mass is 10.2. The zero-order chi connectivity index (χ0) is 14.7. The van der Waals surface area contributed by atoms with Gasteiger partial charge in [0.25, 0.3) is 0 Å². The molecule has 1 N–H and O–H groups in total. The van der Waals surface area contributed by atoms with Crippen molar-refractivity contribution >= 4 is 11.3 Å². The number of benzene rings is 1. The van der Waals surface area contributed by atoms with Crippen molar-refractivity contribution in [3.63, 3.8) is 0 Å². The molecule has 1 aliphatic rings. The fourth-order valence-electron chi connectivity index (χ4n) is 2.89. The molecule has 0 spiro atoms. The molecule has 0 amide bonds. The Kier molecular flexibility index (Phi) is 4.46. The molecule has 0 bridgehead atoms. The van der Waals surface area contributed by atoms with E-state index in [4.69, 9.17) is 9.47 Å². The van der Waals surface area contributed by atoms with Crippen LogP contribution in [0.15, 0.2) is 24.3 Å². The summed E-state index contributed by atoms with van der Waals surface area (Å²) in [5, 5.41) is 3.51. The Morgan fingerprint density at radius 2 is 2.05 bits per heavy atom. The predicted octanol–water partition coefficient (Wildman–Crippen LogP) is 3.54. The van der Waals surface area contributed by atoms with Crippen LogP contribution >= 0.6 is 11.3 Å². The van der Waals surface area contributed by atoms with Crippen LogP contribution in [0.25, 0.3) is 0 Å². The van der Waals surface area contributed by atoms with E-state index in [0.717, 1.165) is 30.2 Å². The molecule has 1 aromatic carbocycles. The average Bonchev–Trinajstić information content (AvgIpc) is 3.08. The lowest BCUT2D eigenvalue weighted by molar-refractivity contribution is 0.350. The van der Waals surface area contributed by atoms with Gasteiger partial charge >= 0.3 is 0 Å². The van der Waals surface area contributed by atoms with Gasteiger partial charge in [-0.15, -0.1) is 11.3 Å². The largest absolute Gasteiger partial charge is 0.493 e. The normalized spacial score (nSPS) is 13.2. The summed E-state index contributed by atoms with van der Waals surface area (Å²) in [7, 11) is 3.35. The van der Waals surface area contributed by atoms with Crippen LogP contribution in [0.3, 0.4) is 0 Å². The molecule has 3 nitrogen and oxygen atoms in total. The highest BCUT2D eigenvalue weighted by Gasteiger charge is 2.14. The maximum absolute atomic E-state index is 5.46. The predicted molar refractivity (Wildman–Crippen MR) is 86.4 cm³/mol. The van der Waals surface area contributed by atoms with Crippen LogP contribution in [0.2, 0.25) is 0 Å². The van der Waals surface area contributed by atoms with E-state index in [9.17, 15) is 0 Å². The molecule has 4 heteroatoms. The Hall–Kier alpha value is -1.52. The van der Waals surface area contributed by atoms with Gasteiger partial charge in [0, 0.05) is 28.4 Å². The Balaban J connectivity index is 1.62. The van der Waals surface area contributed by atoms with Crippen molar-refractivity contribution in [2.45, 2.75) is 32.4 Å². The number of hydrogen-bond donors (Lipinski definition) is 1. The monoisotopic (exact) mass is 303 g/mol. The first-order valence-electron chi connectivity index (χ1n) is 7.33. The smallest absolute Gasteiger partial charge is 0.165 e. The van der Waals surface area contributed by atoms with Crippen LogP contribution in [0.1, 0.15) is 27.3 Å². The maximum atomic E-state index is 5.46. The zero-order valence-electron chi connectivity index (χ0n) is 12.6. The van der Waals surface area contributed by atoms with Crippen molar-refractivity contribution in [3.8, 4) is 11.5 Å². The number of ether oxygens (including phenoxy) is 2. The molecular formula is C17H21NO2S. The second-order valence-electron chi connectivity index (χ2n) is 5.27. The molecule has 0 radical (unpaired) electrons.